The third kappa shape index (κ3) is 4.11. The second-order valence-electron chi connectivity index (χ2n) is 7.82. The largest absolute Gasteiger partial charge is 0.335 e. The average Bonchev–Trinajstić information content (AvgIpc) is 3.07. The fourth-order valence-electron chi connectivity index (χ4n) is 3.83. The van der Waals surface area contributed by atoms with Crippen molar-refractivity contribution in [1.82, 2.24) is 19.6 Å². The molecule has 1 atom stereocenters. The lowest BCUT2D eigenvalue weighted by atomic mass is 9.98. The SMILES string of the molecule is CCCn1nc(C)cc1C(=O)N1CCN(C(=O)c2ccccc2)C[C@@H]1C(C)C. The van der Waals surface area contributed by atoms with Crippen molar-refractivity contribution in [3.05, 3.63) is 53.3 Å². The zero-order valence-electron chi connectivity index (χ0n) is 17.3. The maximum atomic E-state index is 13.3. The molecule has 2 amide bonds. The van der Waals surface area contributed by atoms with Crippen LogP contribution in [-0.4, -0.2) is 57.1 Å². The number of carbonyl (C=O) groups is 2. The zero-order valence-corrected chi connectivity index (χ0v) is 17.3. The van der Waals surface area contributed by atoms with E-state index in [-0.39, 0.29) is 23.8 Å². The Hall–Kier alpha value is -2.63. The molecular weight excluding hydrogens is 352 g/mol. The van der Waals surface area contributed by atoms with Crippen LogP contribution in [0.1, 0.15) is 53.7 Å². The van der Waals surface area contributed by atoms with Crippen LogP contribution in [-0.2, 0) is 6.54 Å². The molecule has 0 saturated carbocycles. The molecule has 1 aliphatic rings. The van der Waals surface area contributed by atoms with Gasteiger partial charge in [0, 0.05) is 31.7 Å². The van der Waals surface area contributed by atoms with Gasteiger partial charge in [0.05, 0.1) is 11.7 Å². The molecule has 28 heavy (non-hydrogen) atoms. The fourth-order valence-corrected chi connectivity index (χ4v) is 3.83. The molecular formula is C22H30N4O2. The minimum Gasteiger partial charge on any atom is -0.335 e. The van der Waals surface area contributed by atoms with Gasteiger partial charge in [0.2, 0.25) is 0 Å². The maximum Gasteiger partial charge on any atom is 0.272 e. The topological polar surface area (TPSA) is 58.4 Å². The Morgan fingerprint density at radius 1 is 1.14 bits per heavy atom. The van der Waals surface area contributed by atoms with Crippen LogP contribution in [0.25, 0.3) is 0 Å². The minimum absolute atomic E-state index is 0.0135. The second-order valence-corrected chi connectivity index (χ2v) is 7.82. The Morgan fingerprint density at radius 2 is 1.86 bits per heavy atom. The van der Waals surface area contributed by atoms with E-state index in [1.807, 2.05) is 57.8 Å². The summed E-state index contributed by atoms with van der Waals surface area (Å²) in [6.07, 6.45) is 0.925. The van der Waals surface area contributed by atoms with E-state index in [1.165, 1.54) is 0 Å². The van der Waals surface area contributed by atoms with Crippen molar-refractivity contribution in [3.63, 3.8) is 0 Å². The number of benzene rings is 1. The van der Waals surface area contributed by atoms with Crippen LogP contribution in [0, 0.1) is 12.8 Å². The molecule has 1 saturated heterocycles. The first-order valence-corrected chi connectivity index (χ1v) is 10.1. The number of carbonyl (C=O) groups excluding carboxylic acids is 2. The van der Waals surface area contributed by atoms with Gasteiger partial charge in [0.15, 0.2) is 0 Å². The van der Waals surface area contributed by atoms with Crippen molar-refractivity contribution in [2.45, 2.75) is 46.7 Å². The van der Waals surface area contributed by atoms with Crippen LogP contribution in [0.2, 0.25) is 0 Å². The predicted octanol–water partition coefficient (Wildman–Crippen LogP) is 3.22. The van der Waals surface area contributed by atoms with Crippen molar-refractivity contribution in [2.75, 3.05) is 19.6 Å². The highest BCUT2D eigenvalue weighted by atomic mass is 16.2. The van der Waals surface area contributed by atoms with Gasteiger partial charge in [-0.1, -0.05) is 39.0 Å². The van der Waals surface area contributed by atoms with Gasteiger partial charge in [-0.2, -0.15) is 5.10 Å². The van der Waals surface area contributed by atoms with Gasteiger partial charge in [0.1, 0.15) is 5.69 Å². The van der Waals surface area contributed by atoms with E-state index in [0.717, 1.165) is 18.7 Å². The smallest absolute Gasteiger partial charge is 0.272 e. The third-order valence-corrected chi connectivity index (χ3v) is 5.31. The van der Waals surface area contributed by atoms with E-state index >= 15 is 0 Å². The Bertz CT molecular complexity index is 828. The summed E-state index contributed by atoms with van der Waals surface area (Å²) in [4.78, 5) is 30.0. The van der Waals surface area contributed by atoms with Gasteiger partial charge in [0.25, 0.3) is 11.8 Å². The highest BCUT2D eigenvalue weighted by Gasteiger charge is 2.36. The number of piperazine rings is 1. The zero-order chi connectivity index (χ0) is 20.3. The standard InChI is InChI=1S/C22H30N4O2/c1-5-11-26-19(14-17(4)23-26)22(28)25-13-12-24(15-20(25)16(2)3)21(27)18-9-7-6-8-10-18/h6-10,14,16,20H,5,11-13,15H2,1-4H3/t20-/m1/s1. The first-order chi connectivity index (χ1) is 13.4. The molecule has 6 heteroatoms. The lowest BCUT2D eigenvalue weighted by Crippen LogP contribution is -2.58. The van der Waals surface area contributed by atoms with Crippen LogP contribution in [0.3, 0.4) is 0 Å². The van der Waals surface area contributed by atoms with Crippen molar-refractivity contribution in [2.24, 2.45) is 5.92 Å². The van der Waals surface area contributed by atoms with Crippen molar-refractivity contribution in [3.8, 4) is 0 Å². The van der Waals surface area contributed by atoms with Gasteiger partial charge in [-0.15, -0.1) is 0 Å². The second kappa shape index (κ2) is 8.59. The summed E-state index contributed by atoms with van der Waals surface area (Å²) in [6, 6.07) is 11.2. The van der Waals surface area contributed by atoms with Crippen LogP contribution in [0.15, 0.2) is 36.4 Å². The fraction of sp³-hybridized carbons (Fsp3) is 0.500. The van der Waals surface area contributed by atoms with Crippen molar-refractivity contribution in [1.29, 1.82) is 0 Å². The first-order valence-electron chi connectivity index (χ1n) is 10.1. The number of hydrogen-bond acceptors (Lipinski definition) is 3. The molecule has 3 rings (SSSR count). The first kappa shape index (κ1) is 20.1. The third-order valence-electron chi connectivity index (χ3n) is 5.31. The number of aryl methyl sites for hydroxylation is 2. The molecule has 0 radical (unpaired) electrons. The normalized spacial score (nSPS) is 17.2. The van der Waals surface area contributed by atoms with Crippen molar-refractivity contribution >= 4 is 11.8 Å². The summed E-state index contributed by atoms with van der Waals surface area (Å²) in [5.74, 6) is 0.295. The predicted molar refractivity (Wildman–Crippen MR) is 109 cm³/mol. The Kier molecular flexibility index (Phi) is 6.17. The molecule has 1 aromatic heterocycles. The quantitative estimate of drug-likeness (QED) is 0.798. The van der Waals surface area contributed by atoms with Crippen LogP contribution in [0.5, 0.6) is 0 Å². The van der Waals surface area contributed by atoms with Gasteiger partial charge >= 0.3 is 0 Å². The highest BCUT2D eigenvalue weighted by Crippen LogP contribution is 2.22. The average molecular weight is 383 g/mol. The maximum absolute atomic E-state index is 13.3. The van der Waals surface area contributed by atoms with E-state index in [0.29, 0.717) is 30.9 Å². The summed E-state index contributed by atoms with van der Waals surface area (Å²) in [5.41, 5.74) is 2.20. The summed E-state index contributed by atoms with van der Waals surface area (Å²) in [7, 11) is 0. The van der Waals surface area contributed by atoms with Crippen LogP contribution in [0.4, 0.5) is 0 Å². The number of hydrogen-bond donors (Lipinski definition) is 0. The summed E-state index contributed by atoms with van der Waals surface area (Å²) < 4.78 is 1.82. The monoisotopic (exact) mass is 382 g/mol. The van der Waals surface area contributed by atoms with Crippen LogP contribution < -0.4 is 0 Å². The summed E-state index contributed by atoms with van der Waals surface area (Å²) >= 11 is 0. The van der Waals surface area contributed by atoms with Gasteiger partial charge in [-0.05, 0) is 37.5 Å². The molecule has 1 aromatic carbocycles. The van der Waals surface area contributed by atoms with Gasteiger partial charge in [-0.25, -0.2) is 0 Å². The molecule has 2 heterocycles. The number of amides is 2. The van der Waals surface area contributed by atoms with Crippen molar-refractivity contribution < 1.29 is 9.59 Å². The molecule has 150 valence electrons. The van der Waals surface area contributed by atoms with E-state index in [4.69, 9.17) is 0 Å². The van der Waals surface area contributed by atoms with E-state index in [2.05, 4.69) is 25.9 Å². The van der Waals surface area contributed by atoms with Gasteiger partial charge < -0.3 is 9.80 Å². The van der Waals surface area contributed by atoms with Gasteiger partial charge in [-0.3, -0.25) is 14.3 Å². The number of nitrogens with zero attached hydrogens (tertiary/aromatic N) is 4. The Balaban J connectivity index is 1.80. The molecule has 0 spiro atoms. The summed E-state index contributed by atoms with van der Waals surface area (Å²) in [5, 5.41) is 4.47. The molecule has 6 nitrogen and oxygen atoms in total. The molecule has 0 unspecified atom stereocenters. The lowest BCUT2D eigenvalue weighted by Gasteiger charge is -2.43. The molecule has 0 bridgehead atoms. The number of rotatable bonds is 5. The molecule has 1 aliphatic heterocycles. The van der Waals surface area contributed by atoms with Crippen LogP contribution >= 0.6 is 0 Å². The Morgan fingerprint density at radius 3 is 2.50 bits per heavy atom. The molecule has 0 aliphatic carbocycles. The highest BCUT2D eigenvalue weighted by molar-refractivity contribution is 5.95. The number of aromatic nitrogens is 2. The molecule has 1 fully saturated rings. The summed E-state index contributed by atoms with van der Waals surface area (Å²) in [6.45, 7) is 10.6. The van der Waals surface area contributed by atoms with E-state index < -0.39 is 0 Å². The Labute approximate surface area is 167 Å². The molecule has 0 N–H and O–H groups in total. The minimum atomic E-state index is -0.0146. The lowest BCUT2D eigenvalue weighted by molar-refractivity contribution is 0.0295. The molecule has 2 aromatic rings. The van der Waals surface area contributed by atoms with E-state index in [1.54, 1.807) is 0 Å². The van der Waals surface area contributed by atoms with E-state index in [9.17, 15) is 9.59 Å².